The van der Waals surface area contributed by atoms with Gasteiger partial charge < -0.3 is 25.2 Å². The zero-order valence-corrected chi connectivity index (χ0v) is 11.0. The number of ether oxygens (including phenoxy) is 2. The maximum absolute atomic E-state index is 12.2. The Morgan fingerprint density at radius 1 is 1.37 bits per heavy atom. The monoisotopic (exact) mass is 266 g/mol. The van der Waals surface area contributed by atoms with Gasteiger partial charge in [-0.25, -0.2) is 0 Å². The molecule has 0 saturated carbocycles. The van der Waals surface area contributed by atoms with Crippen molar-refractivity contribution < 1.29 is 19.4 Å². The molecule has 1 aliphatic heterocycles. The van der Waals surface area contributed by atoms with Crippen molar-refractivity contribution >= 4 is 11.6 Å². The molecular formula is C13H18N2O4. The molecule has 0 spiro atoms. The van der Waals surface area contributed by atoms with E-state index in [9.17, 15) is 4.79 Å². The second-order valence-electron chi connectivity index (χ2n) is 4.55. The Morgan fingerprint density at radius 2 is 1.95 bits per heavy atom. The molecule has 0 bridgehead atoms. The summed E-state index contributed by atoms with van der Waals surface area (Å²) < 4.78 is 10.3. The Hall–Kier alpha value is -1.95. The summed E-state index contributed by atoms with van der Waals surface area (Å²) in [6.07, 6.45) is 0. The predicted octanol–water partition coefficient (Wildman–Crippen LogP) is 0.350. The molecule has 104 valence electrons. The molecule has 1 heterocycles. The van der Waals surface area contributed by atoms with E-state index in [0.717, 1.165) is 0 Å². The van der Waals surface area contributed by atoms with Crippen LogP contribution in [0.15, 0.2) is 12.1 Å². The van der Waals surface area contributed by atoms with Crippen LogP contribution in [0.5, 0.6) is 11.5 Å². The summed E-state index contributed by atoms with van der Waals surface area (Å²) in [5.74, 6) is 0.987. The number of hydrogen-bond acceptors (Lipinski definition) is 5. The van der Waals surface area contributed by atoms with Crippen molar-refractivity contribution in [3.8, 4) is 11.5 Å². The van der Waals surface area contributed by atoms with Crippen LogP contribution in [0.2, 0.25) is 0 Å². The van der Waals surface area contributed by atoms with E-state index in [1.54, 1.807) is 17.0 Å². The Kier molecular flexibility index (Phi) is 3.80. The van der Waals surface area contributed by atoms with Crippen LogP contribution in [0.25, 0.3) is 0 Å². The summed E-state index contributed by atoms with van der Waals surface area (Å²) in [5.41, 5.74) is 6.63. The first-order valence-electron chi connectivity index (χ1n) is 6.02. The first-order chi connectivity index (χ1) is 9.10. The molecule has 6 heteroatoms. The summed E-state index contributed by atoms with van der Waals surface area (Å²) in [4.78, 5) is 13.9. The number of aliphatic hydroxyl groups excluding tert-OH is 1. The smallest absolute Gasteiger partial charge is 0.256 e. The maximum Gasteiger partial charge on any atom is 0.256 e. The maximum atomic E-state index is 12.2. The minimum Gasteiger partial charge on any atom is -0.493 e. The quantitative estimate of drug-likeness (QED) is 0.768. The molecule has 0 unspecified atom stereocenters. The van der Waals surface area contributed by atoms with E-state index in [1.807, 2.05) is 0 Å². The number of benzene rings is 1. The summed E-state index contributed by atoms with van der Waals surface area (Å²) in [6.45, 7) is 1.22. The van der Waals surface area contributed by atoms with Crippen LogP contribution in [0.4, 0.5) is 5.69 Å². The lowest BCUT2D eigenvalue weighted by Crippen LogP contribution is -2.51. The molecule has 0 radical (unpaired) electrons. The average molecular weight is 266 g/mol. The number of carbonyl (C=O) groups is 1. The molecule has 2 rings (SSSR count). The molecule has 3 N–H and O–H groups in total. The van der Waals surface area contributed by atoms with Crippen molar-refractivity contribution in [3.05, 3.63) is 17.7 Å². The van der Waals surface area contributed by atoms with Gasteiger partial charge in [-0.15, -0.1) is 0 Å². The topological polar surface area (TPSA) is 85.0 Å². The largest absolute Gasteiger partial charge is 0.493 e. The number of aliphatic hydroxyl groups is 1. The van der Waals surface area contributed by atoms with Gasteiger partial charge in [-0.3, -0.25) is 4.79 Å². The van der Waals surface area contributed by atoms with E-state index < -0.39 is 0 Å². The van der Waals surface area contributed by atoms with Crippen molar-refractivity contribution in [3.63, 3.8) is 0 Å². The second-order valence-corrected chi connectivity index (χ2v) is 4.55. The Morgan fingerprint density at radius 3 is 2.47 bits per heavy atom. The van der Waals surface area contributed by atoms with Crippen LogP contribution in [0.3, 0.4) is 0 Å². The zero-order chi connectivity index (χ0) is 14.0. The number of amides is 1. The van der Waals surface area contributed by atoms with Gasteiger partial charge in [0.25, 0.3) is 5.91 Å². The van der Waals surface area contributed by atoms with Gasteiger partial charge in [0, 0.05) is 37.4 Å². The standard InChI is InChI=1S/C13H18N2O4/c1-18-11-3-9(10(14)4-12(11)19-2)13(17)15-5-8(6-15)7-16/h3-4,8,16H,5-7,14H2,1-2H3. The van der Waals surface area contributed by atoms with Gasteiger partial charge in [-0.1, -0.05) is 0 Å². The highest BCUT2D eigenvalue weighted by Crippen LogP contribution is 2.33. The van der Waals surface area contributed by atoms with Crippen molar-refractivity contribution in [2.75, 3.05) is 39.6 Å². The third kappa shape index (κ3) is 2.44. The lowest BCUT2D eigenvalue weighted by Gasteiger charge is -2.38. The van der Waals surface area contributed by atoms with E-state index in [-0.39, 0.29) is 18.4 Å². The number of likely N-dealkylation sites (tertiary alicyclic amines) is 1. The van der Waals surface area contributed by atoms with Crippen LogP contribution < -0.4 is 15.2 Å². The number of hydrogen-bond donors (Lipinski definition) is 2. The van der Waals surface area contributed by atoms with Gasteiger partial charge in [0.15, 0.2) is 11.5 Å². The highest BCUT2D eigenvalue weighted by Gasteiger charge is 2.31. The number of carbonyl (C=O) groups excluding carboxylic acids is 1. The van der Waals surface area contributed by atoms with E-state index in [1.165, 1.54) is 14.2 Å². The van der Waals surface area contributed by atoms with Crippen LogP contribution >= 0.6 is 0 Å². The molecule has 6 nitrogen and oxygen atoms in total. The van der Waals surface area contributed by atoms with Gasteiger partial charge in [0.05, 0.1) is 19.8 Å². The molecule has 1 amide bonds. The molecule has 0 aromatic heterocycles. The highest BCUT2D eigenvalue weighted by molar-refractivity contribution is 6.00. The molecule has 1 aromatic carbocycles. The number of anilines is 1. The van der Waals surface area contributed by atoms with Crippen LogP contribution in [0, 0.1) is 5.92 Å². The summed E-state index contributed by atoms with van der Waals surface area (Å²) in [5, 5.41) is 8.96. The van der Waals surface area contributed by atoms with E-state index >= 15 is 0 Å². The van der Waals surface area contributed by atoms with Crippen molar-refractivity contribution in [2.45, 2.75) is 0 Å². The van der Waals surface area contributed by atoms with E-state index in [4.69, 9.17) is 20.3 Å². The fourth-order valence-electron chi connectivity index (χ4n) is 2.10. The number of rotatable bonds is 4. The number of nitrogens with zero attached hydrogens (tertiary/aromatic N) is 1. The lowest BCUT2D eigenvalue weighted by atomic mass is 9.99. The summed E-state index contributed by atoms with van der Waals surface area (Å²) in [6, 6.07) is 3.16. The molecule has 1 aliphatic rings. The SMILES string of the molecule is COc1cc(N)c(C(=O)N2CC(CO)C2)cc1OC. The predicted molar refractivity (Wildman–Crippen MR) is 70.4 cm³/mol. The number of methoxy groups -OCH3 is 2. The lowest BCUT2D eigenvalue weighted by molar-refractivity contribution is 0.0362. The molecule has 0 atom stereocenters. The molecular weight excluding hydrogens is 248 g/mol. The third-order valence-electron chi connectivity index (χ3n) is 3.29. The Bertz CT molecular complexity index is 484. The summed E-state index contributed by atoms with van der Waals surface area (Å²) >= 11 is 0. The Balaban J connectivity index is 2.22. The van der Waals surface area contributed by atoms with E-state index in [2.05, 4.69) is 0 Å². The van der Waals surface area contributed by atoms with Crippen molar-refractivity contribution in [1.82, 2.24) is 4.90 Å². The van der Waals surface area contributed by atoms with E-state index in [0.29, 0.717) is 35.8 Å². The fourth-order valence-corrected chi connectivity index (χ4v) is 2.10. The van der Waals surface area contributed by atoms with Crippen molar-refractivity contribution in [1.29, 1.82) is 0 Å². The summed E-state index contributed by atoms with van der Waals surface area (Å²) in [7, 11) is 3.02. The van der Waals surface area contributed by atoms with Gasteiger partial charge in [0.2, 0.25) is 0 Å². The van der Waals surface area contributed by atoms with Gasteiger partial charge in [-0.2, -0.15) is 0 Å². The van der Waals surface area contributed by atoms with Crippen LogP contribution in [0.1, 0.15) is 10.4 Å². The molecule has 1 aromatic rings. The highest BCUT2D eigenvalue weighted by atomic mass is 16.5. The van der Waals surface area contributed by atoms with Gasteiger partial charge in [-0.05, 0) is 6.07 Å². The Labute approximate surface area is 111 Å². The molecule has 1 fully saturated rings. The minimum absolute atomic E-state index is 0.102. The fraction of sp³-hybridized carbons (Fsp3) is 0.462. The third-order valence-corrected chi connectivity index (χ3v) is 3.29. The van der Waals surface area contributed by atoms with Gasteiger partial charge in [0.1, 0.15) is 0 Å². The number of nitrogens with two attached hydrogens (primary N) is 1. The van der Waals surface area contributed by atoms with Crippen LogP contribution in [-0.2, 0) is 0 Å². The normalized spacial score (nSPS) is 15.0. The zero-order valence-electron chi connectivity index (χ0n) is 11.0. The van der Waals surface area contributed by atoms with Crippen LogP contribution in [-0.4, -0.2) is 49.8 Å². The molecule has 1 saturated heterocycles. The molecule has 19 heavy (non-hydrogen) atoms. The minimum atomic E-state index is -0.150. The first kappa shape index (κ1) is 13.5. The average Bonchev–Trinajstić information content (AvgIpc) is 2.36. The van der Waals surface area contributed by atoms with Gasteiger partial charge >= 0.3 is 0 Å². The molecule has 0 aliphatic carbocycles. The first-order valence-corrected chi connectivity index (χ1v) is 6.02. The van der Waals surface area contributed by atoms with Crippen molar-refractivity contribution in [2.24, 2.45) is 5.92 Å². The number of nitrogen functional groups attached to an aromatic ring is 1. The second kappa shape index (κ2) is 5.36.